The van der Waals surface area contributed by atoms with Crippen LogP contribution in [0.3, 0.4) is 0 Å². The molecular formula is C16H29N5O6. The molecule has 0 aromatic heterocycles. The first-order valence-electron chi connectivity index (χ1n) is 8.61. The van der Waals surface area contributed by atoms with Gasteiger partial charge in [0.1, 0.15) is 13.2 Å². The monoisotopic (exact) mass is 387 g/mol. The summed E-state index contributed by atoms with van der Waals surface area (Å²) in [6, 6.07) is 0. The molecule has 154 valence electrons. The van der Waals surface area contributed by atoms with Crippen LogP contribution >= 0.6 is 0 Å². The molecule has 0 rings (SSSR count). The van der Waals surface area contributed by atoms with Crippen LogP contribution in [0.25, 0.3) is 10.4 Å². The predicted octanol–water partition coefficient (Wildman–Crippen LogP) is 2.09. The van der Waals surface area contributed by atoms with Crippen LogP contribution in [-0.2, 0) is 23.8 Å². The van der Waals surface area contributed by atoms with E-state index in [1.54, 1.807) is 0 Å². The Labute approximate surface area is 158 Å². The minimum absolute atomic E-state index is 0.287. The molecule has 0 unspecified atom stereocenters. The fourth-order valence-corrected chi connectivity index (χ4v) is 1.94. The first-order valence-corrected chi connectivity index (χ1v) is 8.61. The Bertz CT molecular complexity index is 531. The van der Waals surface area contributed by atoms with Crippen LogP contribution in [0.2, 0.25) is 0 Å². The van der Waals surface area contributed by atoms with Gasteiger partial charge in [0.15, 0.2) is 0 Å². The van der Waals surface area contributed by atoms with Gasteiger partial charge in [0.2, 0.25) is 5.91 Å². The normalized spacial score (nSPS) is 11.6. The summed E-state index contributed by atoms with van der Waals surface area (Å²) in [5.74, 6) is -1.35. The van der Waals surface area contributed by atoms with Crippen molar-refractivity contribution < 1.29 is 23.8 Å². The first kappa shape index (κ1) is 24.9. The van der Waals surface area contributed by atoms with Crippen molar-refractivity contribution in [3.8, 4) is 0 Å². The van der Waals surface area contributed by atoms with Crippen molar-refractivity contribution in [1.82, 2.24) is 5.32 Å². The summed E-state index contributed by atoms with van der Waals surface area (Å²) in [6.07, 6.45) is 1.23. The largest absolute Gasteiger partial charge is 0.375 e. The molecule has 0 atom stereocenters. The highest BCUT2D eigenvalue weighted by Crippen LogP contribution is 2.19. The SMILES string of the molecule is CC(C)(CCNC(=O)COCC(=O)N=O)OCCC(C)(C)OCCN=[N+]=[N-]. The minimum Gasteiger partial charge on any atom is -0.375 e. The molecule has 0 aliphatic rings. The van der Waals surface area contributed by atoms with Gasteiger partial charge in [-0.2, -0.15) is 0 Å². The van der Waals surface area contributed by atoms with Crippen molar-refractivity contribution >= 4 is 11.8 Å². The summed E-state index contributed by atoms with van der Waals surface area (Å²) in [4.78, 5) is 34.7. The highest BCUT2D eigenvalue weighted by atomic mass is 16.5. The van der Waals surface area contributed by atoms with Crippen molar-refractivity contribution in [2.75, 3.05) is 39.5 Å². The Balaban J connectivity index is 3.95. The van der Waals surface area contributed by atoms with Gasteiger partial charge in [-0.25, -0.2) is 0 Å². The molecule has 0 aromatic carbocycles. The maximum atomic E-state index is 11.5. The Morgan fingerprint density at radius 3 is 2.30 bits per heavy atom. The van der Waals surface area contributed by atoms with E-state index in [4.69, 9.17) is 19.7 Å². The molecule has 0 spiro atoms. The van der Waals surface area contributed by atoms with Gasteiger partial charge in [0.05, 0.1) is 24.4 Å². The summed E-state index contributed by atoms with van der Waals surface area (Å²) < 4.78 is 16.3. The molecule has 11 heteroatoms. The molecule has 2 amide bonds. The van der Waals surface area contributed by atoms with Crippen molar-refractivity contribution in [1.29, 1.82) is 0 Å². The number of amides is 2. The lowest BCUT2D eigenvalue weighted by atomic mass is 10.0. The molecule has 27 heavy (non-hydrogen) atoms. The van der Waals surface area contributed by atoms with Gasteiger partial charge in [-0.05, 0) is 46.1 Å². The van der Waals surface area contributed by atoms with E-state index in [-0.39, 0.29) is 19.1 Å². The summed E-state index contributed by atoms with van der Waals surface area (Å²) in [7, 11) is 0. The van der Waals surface area contributed by atoms with Gasteiger partial charge in [-0.15, -0.1) is 4.91 Å². The van der Waals surface area contributed by atoms with Crippen LogP contribution in [0.15, 0.2) is 10.3 Å². The third kappa shape index (κ3) is 14.8. The molecule has 11 nitrogen and oxygen atoms in total. The molecular weight excluding hydrogens is 358 g/mol. The average Bonchev–Trinajstić information content (AvgIpc) is 2.58. The Hall–Kier alpha value is -2.07. The van der Waals surface area contributed by atoms with Gasteiger partial charge in [0, 0.05) is 23.2 Å². The van der Waals surface area contributed by atoms with Crippen molar-refractivity contribution in [2.24, 2.45) is 10.3 Å². The van der Waals surface area contributed by atoms with E-state index in [0.29, 0.717) is 32.6 Å². The van der Waals surface area contributed by atoms with Crippen molar-refractivity contribution in [3.63, 3.8) is 0 Å². The zero-order valence-corrected chi connectivity index (χ0v) is 16.4. The van der Waals surface area contributed by atoms with Crippen LogP contribution in [0, 0.1) is 4.91 Å². The van der Waals surface area contributed by atoms with E-state index < -0.39 is 23.7 Å². The Kier molecular flexibility index (Phi) is 12.1. The summed E-state index contributed by atoms with van der Waals surface area (Å²) >= 11 is 0. The topological polar surface area (TPSA) is 152 Å². The van der Waals surface area contributed by atoms with Crippen LogP contribution < -0.4 is 5.32 Å². The standard InChI is InChI=1S/C16H29N5O6/c1-15(2,5-7-18-13(22)11-25-12-14(23)20-24)26-9-6-16(3,4)27-10-8-19-21-17/h5-12H2,1-4H3,(H,18,22). The van der Waals surface area contributed by atoms with E-state index in [9.17, 15) is 14.5 Å². The van der Waals surface area contributed by atoms with Gasteiger partial charge in [0.25, 0.3) is 0 Å². The number of ether oxygens (including phenoxy) is 3. The summed E-state index contributed by atoms with van der Waals surface area (Å²) in [5, 5.41) is 8.23. The van der Waals surface area contributed by atoms with Crippen LogP contribution in [0.5, 0.6) is 0 Å². The van der Waals surface area contributed by atoms with Crippen LogP contribution in [0.4, 0.5) is 0 Å². The van der Waals surface area contributed by atoms with E-state index in [1.807, 2.05) is 27.7 Å². The van der Waals surface area contributed by atoms with E-state index >= 15 is 0 Å². The fraction of sp³-hybridized carbons (Fsp3) is 0.875. The number of rotatable bonds is 15. The number of carbonyl (C=O) groups is 2. The average molecular weight is 387 g/mol. The maximum Gasteiger partial charge on any atom is 0.311 e. The molecule has 0 aliphatic carbocycles. The number of nitrogens with one attached hydrogen (secondary N) is 1. The number of hydrogen-bond donors (Lipinski definition) is 1. The second-order valence-electron chi connectivity index (χ2n) is 7.00. The molecule has 0 saturated carbocycles. The zero-order valence-electron chi connectivity index (χ0n) is 16.4. The van der Waals surface area contributed by atoms with E-state index in [2.05, 4.69) is 20.5 Å². The number of nitroso groups, excluding NO2 is 1. The third-order valence-electron chi connectivity index (χ3n) is 3.55. The van der Waals surface area contributed by atoms with Gasteiger partial charge in [-0.3, -0.25) is 9.59 Å². The van der Waals surface area contributed by atoms with E-state index in [0.717, 1.165) is 0 Å². The quantitative estimate of drug-likeness (QED) is 0.149. The van der Waals surface area contributed by atoms with Gasteiger partial charge >= 0.3 is 5.91 Å². The molecule has 0 aromatic rings. The van der Waals surface area contributed by atoms with Gasteiger partial charge in [-0.1, -0.05) is 5.11 Å². The van der Waals surface area contributed by atoms with Crippen LogP contribution in [-0.4, -0.2) is 62.5 Å². The first-order chi connectivity index (χ1) is 12.6. The number of hydrogen-bond acceptors (Lipinski definition) is 7. The summed E-state index contributed by atoms with van der Waals surface area (Å²) in [5.41, 5.74) is 7.37. The molecule has 0 radical (unpaired) electrons. The molecule has 0 fully saturated rings. The molecule has 0 saturated heterocycles. The Morgan fingerprint density at radius 1 is 1.04 bits per heavy atom. The molecule has 1 N–H and O–H groups in total. The van der Waals surface area contributed by atoms with Crippen LogP contribution in [0.1, 0.15) is 40.5 Å². The second kappa shape index (κ2) is 13.2. The van der Waals surface area contributed by atoms with Gasteiger partial charge < -0.3 is 19.5 Å². The summed E-state index contributed by atoms with van der Waals surface area (Å²) in [6.45, 7) is 8.36. The number of nitrogens with zero attached hydrogens (tertiary/aromatic N) is 4. The minimum atomic E-state index is -0.956. The molecule has 0 heterocycles. The Morgan fingerprint density at radius 2 is 1.67 bits per heavy atom. The highest BCUT2D eigenvalue weighted by Gasteiger charge is 2.22. The molecule has 0 aliphatic heterocycles. The lowest BCUT2D eigenvalue weighted by Gasteiger charge is -2.29. The lowest BCUT2D eigenvalue weighted by Crippen LogP contribution is -2.36. The second-order valence-corrected chi connectivity index (χ2v) is 7.00. The smallest absolute Gasteiger partial charge is 0.311 e. The van der Waals surface area contributed by atoms with Crippen molar-refractivity contribution in [2.45, 2.75) is 51.7 Å². The predicted molar refractivity (Wildman–Crippen MR) is 97.9 cm³/mol. The number of carbonyl (C=O) groups excluding carboxylic acids is 2. The maximum absolute atomic E-state index is 11.5. The highest BCUT2D eigenvalue weighted by molar-refractivity contribution is 5.79. The lowest BCUT2D eigenvalue weighted by molar-refractivity contribution is -0.129. The third-order valence-corrected chi connectivity index (χ3v) is 3.55. The van der Waals surface area contributed by atoms with Crippen molar-refractivity contribution in [3.05, 3.63) is 15.3 Å². The molecule has 0 bridgehead atoms. The fourth-order valence-electron chi connectivity index (χ4n) is 1.94. The number of azide groups is 1. The zero-order chi connectivity index (χ0) is 20.8. The van der Waals surface area contributed by atoms with E-state index in [1.165, 1.54) is 0 Å².